The minimum atomic E-state index is -0.0764. The standard InChI is InChI=1S/C10H14N2O/c1-3-12-8(4-7-11-12)9(13)10(2)5-6-10/h4,7H,3,5-6H2,1-2H3. The second-order valence-electron chi connectivity index (χ2n) is 3.92. The molecule has 0 bridgehead atoms. The molecule has 1 heterocycles. The quantitative estimate of drug-likeness (QED) is 0.662. The lowest BCUT2D eigenvalue weighted by Crippen LogP contribution is -2.17. The van der Waals surface area contributed by atoms with Crippen molar-refractivity contribution in [2.45, 2.75) is 33.2 Å². The Hall–Kier alpha value is -1.12. The first kappa shape index (κ1) is 8.48. The molecule has 3 heteroatoms. The van der Waals surface area contributed by atoms with Crippen LogP contribution in [0.2, 0.25) is 0 Å². The van der Waals surface area contributed by atoms with E-state index < -0.39 is 0 Å². The highest BCUT2D eigenvalue weighted by Crippen LogP contribution is 2.47. The Bertz CT molecular complexity index is 336. The van der Waals surface area contributed by atoms with E-state index >= 15 is 0 Å². The molecule has 1 fully saturated rings. The van der Waals surface area contributed by atoms with E-state index in [1.54, 1.807) is 10.9 Å². The van der Waals surface area contributed by atoms with Crippen LogP contribution in [0.3, 0.4) is 0 Å². The van der Waals surface area contributed by atoms with Gasteiger partial charge in [0.25, 0.3) is 0 Å². The Labute approximate surface area is 77.7 Å². The number of rotatable bonds is 3. The molecule has 1 aromatic heterocycles. The maximum Gasteiger partial charge on any atom is 0.186 e. The minimum Gasteiger partial charge on any atom is -0.292 e. The van der Waals surface area contributed by atoms with Gasteiger partial charge < -0.3 is 0 Å². The van der Waals surface area contributed by atoms with Crippen molar-refractivity contribution in [1.29, 1.82) is 0 Å². The Morgan fingerprint density at radius 2 is 2.38 bits per heavy atom. The van der Waals surface area contributed by atoms with Crippen LogP contribution in [-0.4, -0.2) is 15.6 Å². The van der Waals surface area contributed by atoms with E-state index in [4.69, 9.17) is 0 Å². The maximum atomic E-state index is 11.9. The largest absolute Gasteiger partial charge is 0.292 e. The van der Waals surface area contributed by atoms with Gasteiger partial charge in [0.05, 0.1) is 0 Å². The number of hydrogen-bond donors (Lipinski definition) is 0. The number of aromatic nitrogens is 2. The molecule has 1 aliphatic carbocycles. The fourth-order valence-electron chi connectivity index (χ4n) is 1.50. The molecule has 0 radical (unpaired) electrons. The molecule has 0 spiro atoms. The summed E-state index contributed by atoms with van der Waals surface area (Å²) in [5, 5.41) is 4.09. The summed E-state index contributed by atoms with van der Waals surface area (Å²) in [4.78, 5) is 11.9. The van der Waals surface area contributed by atoms with Crippen molar-refractivity contribution >= 4 is 5.78 Å². The van der Waals surface area contributed by atoms with Crippen LogP contribution in [0.15, 0.2) is 12.3 Å². The average molecular weight is 178 g/mol. The Balaban J connectivity index is 2.29. The lowest BCUT2D eigenvalue weighted by molar-refractivity contribution is 0.0901. The maximum absolute atomic E-state index is 11.9. The number of aryl methyl sites for hydroxylation is 1. The Kier molecular flexibility index (Phi) is 1.75. The van der Waals surface area contributed by atoms with E-state index in [1.807, 2.05) is 19.9 Å². The highest BCUT2D eigenvalue weighted by Gasteiger charge is 2.45. The fourth-order valence-corrected chi connectivity index (χ4v) is 1.50. The van der Waals surface area contributed by atoms with E-state index in [-0.39, 0.29) is 11.2 Å². The van der Waals surface area contributed by atoms with Crippen LogP contribution in [-0.2, 0) is 6.54 Å². The molecule has 0 atom stereocenters. The molecule has 1 saturated carbocycles. The van der Waals surface area contributed by atoms with Gasteiger partial charge >= 0.3 is 0 Å². The summed E-state index contributed by atoms with van der Waals surface area (Å²) in [6.45, 7) is 4.80. The summed E-state index contributed by atoms with van der Waals surface area (Å²) in [5.41, 5.74) is 0.690. The molecule has 0 N–H and O–H groups in total. The summed E-state index contributed by atoms with van der Waals surface area (Å²) in [5.74, 6) is 0.256. The zero-order valence-corrected chi connectivity index (χ0v) is 8.08. The third-order valence-electron chi connectivity index (χ3n) is 2.80. The van der Waals surface area contributed by atoms with Crippen molar-refractivity contribution in [1.82, 2.24) is 9.78 Å². The average Bonchev–Trinajstić information content (AvgIpc) is 2.71. The number of ketones is 1. The van der Waals surface area contributed by atoms with Gasteiger partial charge in [-0.1, -0.05) is 6.92 Å². The second kappa shape index (κ2) is 2.69. The van der Waals surface area contributed by atoms with Crippen LogP contribution in [0.5, 0.6) is 0 Å². The monoisotopic (exact) mass is 178 g/mol. The van der Waals surface area contributed by atoms with Gasteiger partial charge in [0.2, 0.25) is 0 Å². The number of nitrogens with zero attached hydrogens (tertiary/aromatic N) is 2. The third kappa shape index (κ3) is 1.28. The van der Waals surface area contributed by atoms with Crippen molar-refractivity contribution < 1.29 is 4.79 Å². The first-order valence-corrected chi connectivity index (χ1v) is 4.74. The van der Waals surface area contributed by atoms with Gasteiger partial charge in [0.1, 0.15) is 5.69 Å². The lowest BCUT2D eigenvalue weighted by atomic mass is 10.0. The molecule has 0 amide bonds. The predicted octanol–water partition coefficient (Wildman–Crippen LogP) is 1.89. The zero-order valence-electron chi connectivity index (χ0n) is 8.08. The minimum absolute atomic E-state index is 0.0764. The number of hydrogen-bond acceptors (Lipinski definition) is 2. The third-order valence-corrected chi connectivity index (χ3v) is 2.80. The summed E-state index contributed by atoms with van der Waals surface area (Å²) in [6.07, 6.45) is 3.75. The van der Waals surface area contributed by atoms with Crippen molar-refractivity contribution in [3.8, 4) is 0 Å². The molecule has 3 nitrogen and oxygen atoms in total. The molecule has 0 unspecified atom stereocenters. The highest BCUT2D eigenvalue weighted by atomic mass is 16.1. The van der Waals surface area contributed by atoms with Crippen LogP contribution in [0.1, 0.15) is 37.2 Å². The fraction of sp³-hybridized carbons (Fsp3) is 0.600. The van der Waals surface area contributed by atoms with Gasteiger partial charge in [-0.2, -0.15) is 5.10 Å². The Morgan fingerprint density at radius 3 is 2.92 bits per heavy atom. The first-order valence-electron chi connectivity index (χ1n) is 4.74. The van der Waals surface area contributed by atoms with Crippen molar-refractivity contribution in [3.05, 3.63) is 18.0 Å². The van der Waals surface area contributed by atoms with Crippen LogP contribution in [0.25, 0.3) is 0 Å². The Morgan fingerprint density at radius 1 is 1.69 bits per heavy atom. The molecule has 70 valence electrons. The first-order chi connectivity index (χ1) is 6.17. The van der Waals surface area contributed by atoms with Gasteiger partial charge in [0, 0.05) is 18.2 Å². The summed E-state index contributed by atoms with van der Waals surface area (Å²) in [7, 11) is 0. The summed E-state index contributed by atoms with van der Waals surface area (Å²) in [6, 6.07) is 1.81. The molecule has 13 heavy (non-hydrogen) atoms. The molecule has 1 aromatic rings. The van der Waals surface area contributed by atoms with Gasteiger partial charge in [-0.05, 0) is 25.8 Å². The molecule has 1 aliphatic rings. The summed E-state index contributed by atoms with van der Waals surface area (Å²) < 4.78 is 1.77. The topological polar surface area (TPSA) is 34.9 Å². The second-order valence-corrected chi connectivity index (χ2v) is 3.92. The van der Waals surface area contributed by atoms with Gasteiger partial charge in [-0.25, -0.2) is 0 Å². The van der Waals surface area contributed by atoms with E-state index in [0.29, 0.717) is 0 Å². The van der Waals surface area contributed by atoms with E-state index in [2.05, 4.69) is 5.10 Å². The van der Waals surface area contributed by atoms with Crippen LogP contribution >= 0.6 is 0 Å². The SMILES string of the molecule is CCn1nccc1C(=O)C1(C)CC1. The number of carbonyl (C=O) groups is 1. The van der Waals surface area contributed by atoms with Crippen LogP contribution in [0.4, 0.5) is 0 Å². The molecule has 0 aromatic carbocycles. The number of Topliss-reactive ketones (excluding diaryl/α,β-unsaturated/α-hetero) is 1. The molecule has 0 aliphatic heterocycles. The summed E-state index contributed by atoms with van der Waals surface area (Å²) >= 11 is 0. The highest BCUT2D eigenvalue weighted by molar-refractivity contribution is 6.00. The van der Waals surface area contributed by atoms with E-state index in [0.717, 1.165) is 25.1 Å². The zero-order chi connectivity index (χ0) is 9.47. The number of carbonyl (C=O) groups excluding carboxylic acids is 1. The van der Waals surface area contributed by atoms with Crippen LogP contribution < -0.4 is 0 Å². The van der Waals surface area contributed by atoms with Crippen LogP contribution in [0, 0.1) is 5.41 Å². The predicted molar refractivity (Wildman–Crippen MR) is 49.6 cm³/mol. The van der Waals surface area contributed by atoms with Crippen molar-refractivity contribution in [3.63, 3.8) is 0 Å². The van der Waals surface area contributed by atoms with E-state index in [1.165, 1.54) is 0 Å². The molecule has 0 saturated heterocycles. The lowest BCUT2D eigenvalue weighted by Gasteiger charge is -2.07. The van der Waals surface area contributed by atoms with Gasteiger partial charge in [0.15, 0.2) is 5.78 Å². The van der Waals surface area contributed by atoms with Gasteiger partial charge in [-0.3, -0.25) is 9.48 Å². The van der Waals surface area contributed by atoms with Crippen molar-refractivity contribution in [2.24, 2.45) is 5.41 Å². The van der Waals surface area contributed by atoms with Crippen molar-refractivity contribution in [2.75, 3.05) is 0 Å². The smallest absolute Gasteiger partial charge is 0.186 e. The molecular formula is C10H14N2O. The van der Waals surface area contributed by atoms with Gasteiger partial charge in [-0.15, -0.1) is 0 Å². The normalized spacial score (nSPS) is 18.6. The molecule has 2 rings (SSSR count). The molecular weight excluding hydrogens is 164 g/mol. The van der Waals surface area contributed by atoms with E-state index in [9.17, 15) is 4.79 Å².